The minimum absolute atomic E-state index is 0.420. The maximum atomic E-state index is 11.9. The maximum Gasteiger partial charge on any atom is 0.102 e. The number of hydrogen-bond donors (Lipinski definition) is 0. The molecule has 9 aromatic carbocycles. The molecule has 0 saturated heterocycles. The van der Waals surface area contributed by atoms with Gasteiger partial charge in [-0.3, -0.25) is 0 Å². The number of benzene rings is 9. The lowest BCUT2D eigenvalue weighted by atomic mass is 9.82. The number of nitriles is 2. The van der Waals surface area contributed by atoms with Gasteiger partial charge in [-0.05, 0) is 57.6 Å². The zero-order valence-electron chi connectivity index (χ0n) is 32.4. The molecule has 2 heterocycles. The third-order valence-electron chi connectivity index (χ3n) is 11.8. The van der Waals surface area contributed by atoms with Gasteiger partial charge in [-0.15, -0.1) is 0 Å². The van der Waals surface area contributed by atoms with Crippen LogP contribution < -0.4 is 0 Å². The van der Waals surface area contributed by atoms with Gasteiger partial charge >= 0.3 is 0 Å². The topological polar surface area (TPSA) is 57.4 Å². The second-order valence-electron chi connectivity index (χ2n) is 15.0. The highest BCUT2D eigenvalue weighted by atomic mass is 15.0. The summed E-state index contributed by atoms with van der Waals surface area (Å²) < 4.78 is 4.54. The number of aromatic nitrogens is 2. The van der Waals surface area contributed by atoms with Crippen LogP contribution in [0.3, 0.4) is 0 Å². The van der Waals surface area contributed by atoms with Crippen molar-refractivity contribution in [3.05, 3.63) is 217 Å². The Morgan fingerprint density at radius 1 is 0.283 bits per heavy atom. The molecule has 0 unspecified atom stereocenters. The molecule has 0 aliphatic rings. The lowest BCUT2D eigenvalue weighted by molar-refractivity contribution is 1.12. The molecule has 4 nitrogen and oxygen atoms in total. The van der Waals surface area contributed by atoms with Crippen molar-refractivity contribution in [2.75, 3.05) is 0 Å². The molecule has 11 rings (SSSR count). The molecule has 60 heavy (non-hydrogen) atoms. The molecule has 278 valence electrons. The molecule has 0 radical (unpaired) electrons. The Morgan fingerprint density at radius 2 is 0.567 bits per heavy atom. The molecule has 0 atom stereocenters. The van der Waals surface area contributed by atoms with E-state index in [4.69, 9.17) is 0 Å². The monoisotopic (exact) mass is 762 g/mol. The Labute approximate surface area is 347 Å². The van der Waals surface area contributed by atoms with Crippen LogP contribution in [0, 0.1) is 22.7 Å². The predicted molar refractivity (Wildman–Crippen MR) is 246 cm³/mol. The summed E-state index contributed by atoms with van der Waals surface area (Å²) in [5, 5.41) is 28.2. The molecular formula is C56H34N4. The van der Waals surface area contributed by atoms with Crippen molar-refractivity contribution in [2.24, 2.45) is 0 Å². The Balaban J connectivity index is 1.46. The van der Waals surface area contributed by atoms with Gasteiger partial charge in [-0.1, -0.05) is 182 Å². The van der Waals surface area contributed by atoms with Crippen molar-refractivity contribution in [3.63, 3.8) is 0 Å². The first-order chi connectivity index (χ1) is 29.8. The predicted octanol–water partition coefficient (Wildman–Crippen LogP) is 14.3. The first kappa shape index (κ1) is 34.8. The van der Waals surface area contributed by atoms with Crippen molar-refractivity contribution >= 4 is 43.6 Å². The summed E-state index contributed by atoms with van der Waals surface area (Å²) >= 11 is 0. The van der Waals surface area contributed by atoms with E-state index in [0.717, 1.165) is 82.6 Å². The fourth-order valence-corrected chi connectivity index (χ4v) is 9.38. The van der Waals surface area contributed by atoms with Gasteiger partial charge in [0.05, 0.1) is 44.6 Å². The quantitative estimate of drug-likeness (QED) is 0.169. The Hall–Kier alpha value is -8.44. The molecule has 0 amide bonds. The summed E-state index contributed by atoms with van der Waals surface area (Å²) in [6.45, 7) is 0. The zero-order valence-corrected chi connectivity index (χ0v) is 32.4. The largest absolute Gasteiger partial charge is 0.307 e. The SMILES string of the molecule is N#Cc1c(-c2ccccc2-c2ccccc2)c(C#N)c(-n2c3ccccc3c3ccccc32)c(-c2ccccc2-c2ccccc2)c1-n1c2ccccc2c2ccccc21. The van der Waals surface area contributed by atoms with Gasteiger partial charge in [-0.2, -0.15) is 10.5 Å². The molecule has 0 saturated carbocycles. The van der Waals surface area contributed by atoms with E-state index in [1.807, 2.05) is 36.4 Å². The molecule has 0 bridgehead atoms. The highest BCUT2D eigenvalue weighted by Crippen LogP contribution is 2.51. The van der Waals surface area contributed by atoms with Gasteiger partial charge in [0, 0.05) is 32.7 Å². The molecule has 0 aliphatic carbocycles. The molecule has 2 aromatic heterocycles. The first-order valence-corrected chi connectivity index (χ1v) is 20.1. The molecule has 0 fully saturated rings. The number of para-hydroxylation sites is 4. The van der Waals surface area contributed by atoms with E-state index in [2.05, 4.69) is 191 Å². The lowest BCUT2D eigenvalue weighted by Gasteiger charge is -2.27. The minimum atomic E-state index is 0.420. The van der Waals surface area contributed by atoms with E-state index < -0.39 is 0 Å². The Kier molecular flexibility index (Phi) is 8.22. The van der Waals surface area contributed by atoms with Gasteiger partial charge in [0.15, 0.2) is 0 Å². The fourth-order valence-electron chi connectivity index (χ4n) is 9.38. The average Bonchev–Trinajstić information content (AvgIpc) is 3.84. The summed E-state index contributed by atoms with van der Waals surface area (Å²) in [6, 6.07) is 76.4. The zero-order chi connectivity index (χ0) is 40.2. The van der Waals surface area contributed by atoms with Crippen molar-refractivity contribution in [1.82, 2.24) is 9.13 Å². The molecular weight excluding hydrogens is 729 g/mol. The summed E-state index contributed by atoms with van der Waals surface area (Å²) in [5.74, 6) is 0. The smallest absolute Gasteiger partial charge is 0.102 e. The average molecular weight is 763 g/mol. The van der Waals surface area contributed by atoms with Crippen LogP contribution in [0.25, 0.3) is 99.5 Å². The molecule has 11 aromatic rings. The van der Waals surface area contributed by atoms with Gasteiger partial charge < -0.3 is 9.13 Å². The third kappa shape index (κ3) is 5.22. The van der Waals surface area contributed by atoms with Gasteiger partial charge in [0.1, 0.15) is 12.1 Å². The van der Waals surface area contributed by atoms with Crippen LogP contribution in [-0.4, -0.2) is 9.13 Å². The van der Waals surface area contributed by atoms with Crippen molar-refractivity contribution in [2.45, 2.75) is 0 Å². The highest BCUT2D eigenvalue weighted by Gasteiger charge is 2.33. The van der Waals surface area contributed by atoms with E-state index in [-0.39, 0.29) is 0 Å². The number of nitrogens with zero attached hydrogens (tertiary/aromatic N) is 4. The lowest BCUT2D eigenvalue weighted by Crippen LogP contribution is -2.11. The second kappa shape index (κ2) is 14.2. The summed E-state index contributed by atoms with van der Waals surface area (Å²) in [4.78, 5) is 0. The van der Waals surface area contributed by atoms with Gasteiger partial charge in [0.25, 0.3) is 0 Å². The van der Waals surface area contributed by atoms with E-state index in [1.165, 1.54) is 0 Å². The van der Waals surface area contributed by atoms with Crippen LogP contribution >= 0.6 is 0 Å². The fraction of sp³-hybridized carbons (Fsp3) is 0. The van der Waals surface area contributed by atoms with E-state index in [1.54, 1.807) is 0 Å². The van der Waals surface area contributed by atoms with Crippen molar-refractivity contribution in [1.29, 1.82) is 10.5 Å². The summed E-state index contributed by atoms with van der Waals surface area (Å²) in [7, 11) is 0. The van der Waals surface area contributed by atoms with Crippen LogP contribution in [-0.2, 0) is 0 Å². The third-order valence-corrected chi connectivity index (χ3v) is 11.8. The number of rotatable bonds is 6. The molecule has 0 aliphatic heterocycles. The van der Waals surface area contributed by atoms with E-state index in [9.17, 15) is 10.5 Å². The van der Waals surface area contributed by atoms with Crippen molar-refractivity contribution in [3.8, 4) is 68.0 Å². The summed E-state index contributed by atoms with van der Waals surface area (Å²) in [6.07, 6.45) is 0. The Bertz CT molecular complexity index is 3300. The van der Waals surface area contributed by atoms with Gasteiger partial charge in [0.2, 0.25) is 0 Å². The van der Waals surface area contributed by atoms with E-state index in [0.29, 0.717) is 28.1 Å². The van der Waals surface area contributed by atoms with E-state index >= 15 is 0 Å². The molecule has 4 heteroatoms. The first-order valence-electron chi connectivity index (χ1n) is 20.1. The van der Waals surface area contributed by atoms with Crippen LogP contribution in [0.5, 0.6) is 0 Å². The number of hydrogen-bond acceptors (Lipinski definition) is 2. The normalized spacial score (nSPS) is 11.3. The molecule has 0 N–H and O–H groups in total. The van der Waals surface area contributed by atoms with Crippen molar-refractivity contribution < 1.29 is 0 Å². The van der Waals surface area contributed by atoms with Crippen LogP contribution in [0.2, 0.25) is 0 Å². The van der Waals surface area contributed by atoms with Crippen LogP contribution in [0.15, 0.2) is 206 Å². The second-order valence-corrected chi connectivity index (χ2v) is 15.0. The maximum absolute atomic E-state index is 11.9. The summed E-state index contributed by atoms with van der Waals surface area (Å²) in [5.41, 5.74) is 13.2. The minimum Gasteiger partial charge on any atom is -0.307 e. The highest BCUT2D eigenvalue weighted by molar-refractivity contribution is 6.14. The number of fused-ring (bicyclic) bond motifs is 6. The standard InChI is InChI=1S/C56H34N4/c57-35-47-53(45-29-9-7-23-39(45)37-19-3-1-4-20-37)48(36-58)56(60-51-33-17-13-27-43(51)44-28-14-18-34-52(44)60)54(46-30-10-8-24-40(46)38-21-5-2-6-22-38)55(47)59-49-31-15-11-25-41(49)42-26-12-16-32-50(42)59/h1-34H. The van der Waals surface area contributed by atoms with Gasteiger partial charge in [-0.25, -0.2) is 0 Å². The van der Waals surface area contributed by atoms with Crippen LogP contribution in [0.4, 0.5) is 0 Å². The Morgan fingerprint density at radius 3 is 0.917 bits per heavy atom. The van der Waals surface area contributed by atoms with Crippen LogP contribution in [0.1, 0.15) is 11.1 Å². The molecule has 0 spiro atoms.